The molecule has 108 valence electrons. The second-order valence-corrected chi connectivity index (χ2v) is 6.89. The van der Waals surface area contributed by atoms with Crippen molar-refractivity contribution in [2.75, 3.05) is 18.8 Å². The Balaban J connectivity index is 1.82. The number of piperidine rings is 1. The average Bonchev–Trinajstić information content (AvgIpc) is 2.45. The standard InChI is InChI=1S/C14H23NO3S/c16-13(17)7-6-11-4-3-8-15(10-11)14(18)12-5-1-2-9-19-12/h11-12H,1-10H2,(H,16,17). The summed E-state index contributed by atoms with van der Waals surface area (Å²) in [4.78, 5) is 25.0. The van der Waals surface area contributed by atoms with Crippen molar-refractivity contribution in [3.8, 4) is 0 Å². The first-order chi connectivity index (χ1) is 9.16. The van der Waals surface area contributed by atoms with Crippen LogP contribution in [0.5, 0.6) is 0 Å². The third-order valence-corrected chi connectivity index (χ3v) is 5.42. The van der Waals surface area contributed by atoms with Gasteiger partial charge in [-0.2, -0.15) is 0 Å². The molecule has 0 aliphatic carbocycles. The maximum Gasteiger partial charge on any atom is 0.303 e. The van der Waals surface area contributed by atoms with E-state index in [0.717, 1.165) is 38.1 Å². The molecule has 2 atom stereocenters. The Morgan fingerprint density at radius 1 is 1.21 bits per heavy atom. The maximum absolute atomic E-state index is 12.4. The molecule has 1 N–H and O–H groups in total. The molecule has 19 heavy (non-hydrogen) atoms. The average molecular weight is 285 g/mol. The highest BCUT2D eigenvalue weighted by Gasteiger charge is 2.30. The monoisotopic (exact) mass is 285 g/mol. The lowest BCUT2D eigenvalue weighted by atomic mass is 9.93. The van der Waals surface area contributed by atoms with Gasteiger partial charge in [0.15, 0.2) is 0 Å². The molecule has 2 fully saturated rings. The molecule has 1 amide bonds. The van der Waals surface area contributed by atoms with Crippen molar-refractivity contribution in [3.05, 3.63) is 0 Å². The Kier molecular flexibility index (Phi) is 5.55. The quantitative estimate of drug-likeness (QED) is 0.861. The summed E-state index contributed by atoms with van der Waals surface area (Å²) >= 11 is 1.80. The second-order valence-electron chi connectivity index (χ2n) is 5.58. The highest BCUT2D eigenvalue weighted by molar-refractivity contribution is 8.00. The molecule has 2 saturated heterocycles. The normalized spacial score (nSPS) is 28.1. The Labute approximate surface area is 118 Å². The predicted molar refractivity (Wildman–Crippen MR) is 76.3 cm³/mol. The Morgan fingerprint density at radius 2 is 2.05 bits per heavy atom. The van der Waals surface area contributed by atoms with Gasteiger partial charge in [0.2, 0.25) is 5.91 Å². The van der Waals surface area contributed by atoms with Gasteiger partial charge in [0.25, 0.3) is 0 Å². The van der Waals surface area contributed by atoms with E-state index in [1.807, 2.05) is 4.90 Å². The van der Waals surface area contributed by atoms with E-state index in [1.165, 1.54) is 12.8 Å². The van der Waals surface area contributed by atoms with Crippen LogP contribution in [0, 0.1) is 5.92 Å². The lowest BCUT2D eigenvalue weighted by Crippen LogP contribution is -2.44. The van der Waals surface area contributed by atoms with Gasteiger partial charge >= 0.3 is 5.97 Å². The maximum atomic E-state index is 12.4. The molecule has 0 radical (unpaired) electrons. The molecule has 0 aromatic rings. The number of hydrogen-bond acceptors (Lipinski definition) is 3. The summed E-state index contributed by atoms with van der Waals surface area (Å²) < 4.78 is 0. The van der Waals surface area contributed by atoms with Crippen LogP contribution < -0.4 is 0 Å². The van der Waals surface area contributed by atoms with Gasteiger partial charge < -0.3 is 10.0 Å². The van der Waals surface area contributed by atoms with Crippen molar-refractivity contribution < 1.29 is 14.7 Å². The fraction of sp³-hybridized carbons (Fsp3) is 0.857. The minimum atomic E-state index is -0.730. The summed E-state index contributed by atoms with van der Waals surface area (Å²) in [6, 6.07) is 0. The van der Waals surface area contributed by atoms with Crippen molar-refractivity contribution in [1.29, 1.82) is 0 Å². The van der Waals surface area contributed by atoms with Gasteiger partial charge in [-0.25, -0.2) is 0 Å². The molecule has 2 heterocycles. The van der Waals surface area contributed by atoms with Crippen molar-refractivity contribution in [2.24, 2.45) is 5.92 Å². The van der Waals surface area contributed by atoms with Gasteiger partial charge in [0, 0.05) is 19.5 Å². The Morgan fingerprint density at radius 3 is 2.74 bits per heavy atom. The molecule has 2 aliphatic heterocycles. The van der Waals surface area contributed by atoms with Crippen LogP contribution in [0.1, 0.15) is 44.9 Å². The molecule has 0 aromatic carbocycles. The first-order valence-electron chi connectivity index (χ1n) is 7.29. The van der Waals surface area contributed by atoms with Crippen LogP contribution in [-0.2, 0) is 9.59 Å². The number of carbonyl (C=O) groups excluding carboxylic acids is 1. The van der Waals surface area contributed by atoms with E-state index in [1.54, 1.807) is 11.8 Å². The van der Waals surface area contributed by atoms with E-state index >= 15 is 0 Å². The first-order valence-corrected chi connectivity index (χ1v) is 8.34. The van der Waals surface area contributed by atoms with Gasteiger partial charge in [0.05, 0.1) is 5.25 Å². The summed E-state index contributed by atoms with van der Waals surface area (Å²) in [5.74, 6) is 1.05. The summed E-state index contributed by atoms with van der Waals surface area (Å²) in [5, 5.41) is 8.90. The highest BCUT2D eigenvalue weighted by atomic mass is 32.2. The number of carboxylic acids is 1. The highest BCUT2D eigenvalue weighted by Crippen LogP contribution is 2.29. The van der Waals surface area contributed by atoms with Crippen LogP contribution in [-0.4, -0.2) is 46.0 Å². The van der Waals surface area contributed by atoms with E-state index in [-0.39, 0.29) is 11.7 Å². The lowest BCUT2D eigenvalue weighted by Gasteiger charge is -2.35. The largest absolute Gasteiger partial charge is 0.481 e. The number of likely N-dealkylation sites (tertiary alicyclic amines) is 1. The Bertz CT molecular complexity index is 329. The van der Waals surface area contributed by atoms with E-state index in [2.05, 4.69) is 0 Å². The van der Waals surface area contributed by atoms with Crippen molar-refractivity contribution in [1.82, 2.24) is 4.90 Å². The van der Waals surface area contributed by atoms with E-state index < -0.39 is 5.97 Å². The number of thioether (sulfide) groups is 1. The van der Waals surface area contributed by atoms with Crippen LogP contribution in [0.2, 0.25) is 0 Å². The minimum absolute atomic E-state index is 0.159. The molecule has 0 aromatic heterocycles. The zero-order valence-electron chi connectivity index (χ0n) is 11.3. The molecular weight excluding hydrogens is 262 g/mol. The van der Waals surface area contributed by atoms with Gasteiger partial charge in [-0.15, -0.1) is 11.8 Å². The number of aliphatic carboxylic acids is 1. The van der Waals surface area contributed by atoms with Crippen molar-refractivity contribution in [3.63, 3.8) is 0 Å². The van der Waals surface area contributed by atoms with Gasteiger partial charge in [-0.05, 0) is 43.8 Å². The molecule has 2 rings (SSSR count). The number of amides is 1. The smallest absolute Gasteiger partial charge is 0.303 e. The number of hydrogen-bond donors (Lipinski definition) is 1. The summed E-state index contributed by atoms with van der Waals surface area (Å²) in [5.41, 5.74) is 0. The van der Waals surface area contributed by atoms with Gasteiger partial charge in [-0.1, -0.05) is 6.42 Å². The third kappa shape index (κ3) is 4.41. The SMILES string of the molecule is O=C(O)CCC1CCCN(C(=O)C2CCCCS2)C1. The molecule has 4 nitrogen and oxygen atoms in total. The number of carboxylic acid groups (broad SMARTS) is 1. The lowest BCUT2D eigenvalue weighted by molar-refractivity contribution is -0.137. The molecule has 0 spiro atoms. The van der Waals surface area contributed by atoms with Crippen LogP contribution in [0.3, 0.4) is 0 Å². The fourth-order valence-corrected chi connectivity index (χ4v) is 4.25. The number of nitrogens with zero attached hydrogens (tertiary/aromatic N) is 1. The zero-order chi connectivity index (χ0) is 13.7. The Hall–Kier alpha value is -0.710. The molecule has 2 unspecified atom stereocenters. The van der Waals surface area contributed by atoms with Crippen LogP contribution in [0.25, 0.3) is 0 Å². The van der Waals surface area contributed by atoms with Gasteiger partial charge in [0.1, 0.15) is 0 Å². The molecule has 0 saturated carbocycles. The third-order valence-electron chi connectivity index (χ3n) is 4.05. The fourth-order valence-electron chi connectivity index (χ4n) is 2.97. The van der Waals surface area contributed by atoms with Crippen LogP contribution in [0.15, 0.2) is 0 Å². The molecule has 5 heteroatoms. The number of rotatable bonds is 4. The van der Waals surface area contributed by atoms with E-state index in [9.17, 15) is 9.59 Å². The zero-order valence-corrected chi connectivity index (χ0v) is 12.2. The van der Waals surface area contributed by atoms with Crippen LogP contribution >= 0.6 is 11.8 Å². The first kappa shape index (κ1) is 14.7. The van der Waals surface area contributed by atoms with Crippen LogP contribution in [0.4, 0.5) is 0 Å². The molecule has 0 bridgehead atoms. The molecule has 2 aliphatic rings. The van der Waals surface area contributed by atoms with E-state index in [4.69, 9.17) is 5.11 Å². The summed E-state index contributed by atoms with van der Waals surface area (Å²) in [7, 11) is 0. The van der Waals surface area contributed by atoms with Crippen molar-refractivity contribution in [2.45, 2.75) is 50.2 Å². The topological polar surface area (TPSA) is 57.6 Å². The predicted octanol–water partition coefficient (Wildman–Crippen LogP) is 2.38. The second kappa shape index (κ2) is 7.17. The van der Waals surface area contributed by atoms with Gasteiger partial charge in [-0.3, -0.25) is 9.59 Å². The van der Waals surface area contributed by atoms with E-state index in [0.29, 0.717) is 18.2 Å². The van der Waals surface area contributed by atoms with Crippen molar-refractivity contribution >= 4 is 23.6 Å². The summed E-state index contributed by atoms with van der Waals surface area (Å²) in [6.45, 7) is 1.63. The number of carbonyl (C=O) groups is 2. The molecular formula is C14H23NO3S. The minimum Gasteiger partial charge on any atom is -0.481 e. The summed E-state index contributed by atoms with van der Waals surface area (Å²) in [6.07, 6.45) is 6.43.